The van der Waals surface area contributed by atoms with E-state index in [1.54, 1.807) is 12.1 Å². The second-order valence-corrected chi connectivity index (χ2v) is 5.37. The number of aromatic carboxylic acids is 1. The molecule has 0 spiro atoms. The van der Waals surface area contributed by atoms with Crippen LogP contribution in [0.4, 0.5) is 10.1 Å². The molecule has 21 heavy (non-hydrogen) atoms. The van der Waals surface area contributed by atoms with Gasteiger partial charge in [0, 0.05) is 4.90 Å². The van der Waals surface area contributed by atoms with Crippen molar-refractivity contribution >= 4 is 23.4 Å². The van der Waals surface area contributed by atoms with Crippen LogP contribution in [0.5, 0.6) is 0 Å². The number of nitrogens with zero attached hydrogens (tertiary/aromatic N) is 1. The smallest absolute Gasteiger partial charge is 0.335 e. The first-order chi connectivity index (χ1) is 9.88. The minimum absolute atomic E-state index is 0.129. The highest BCUT2D eigenvalue weighted by Gasteiger charge is 2.18. The fourth-order valence-electron chi connectivity index (χ4n) is 1.66. The normalized spacial score (nSPS) is 10.4. The average molecular weight is 307 g/mol. The van der Waals surface area contributed by atoms with Crippen LogP contribution in [0.3, 0.4) is 0 Å². The Bertz CT molecular complexity index is 716. The van der Waals surface area contributed by atoms with Crippen molar-refractivity contribution in [2.75, 3.05) is 0 Å². The zero-order valence-corrected chi connectivity index (χ0v) is 11.7. The lowest BCUT2D eigenvalue weighted by molar-refractivity contribution is -0.387. The van der Waals surface area contributed by atoms with Crippen LogP contribution < -0.4 is 0 Å². The number of nitro groups is 1. The number of benzene rings is 2. The van der Waals surface area contributed by atoms with Gasteiger partial charge in [0.2, 0.25) is 0 Å². The third-order valence-corrected chi connectivity index (χ3v) is 3.82. The van der Waals surface area contributed by atoms with Crippen molar-refractivity contribution in [1.29, 1.82) is 0 Å². The molecule has 0 atom stereocenters. The number of aryl methyl sites for hydroxylation is 1. The Morgan fingerprint density at radius 3 is 2.43 bits per heavy atom. The van der Waals surface area contributed by atoms with Gasteiger partial charge in [-0.15, -0.1) is 0 Å². The van der Waals surface area contributed by atoms with Crippen LogP contribution in [0, 0.1) is 22.9 Å². The van der Waals surface area contributed by atoms with E-state index in [9.17, 15) is 19.3 Å². The first-order valence-electron chi connectivity index (χ1n) is 5.84. The number of rotatable bonds is 4. The SMILES string of the molecule is Cc1cc(Sc2ccc(C(=O)O)cc2)c([N+](=O)[O-])cc1F. The summed E-state index contributed by atoms with van der Waals surface area (Å²) in [4.78, 5) is 22.0. The summed E-state index contributed by atoms with van der Waals surface area (Å²) in [5.74, 6) is -1.68. The van der Waals surface area contributed by atoms with Gasteiger partial charge >= 0.3 is 5.97 Å². The first-order valence-corrected chi connectivity index (χ1v) is 6.66. The maximum absolute atomic E-state index is 13.4. The van der Waals surface area contributed by atoms with Crippen LogP contribution in [0.15, 0.2) is 46.2 Å². The topological polar surface area (TPSA) is 80.4 Å². The van der Waals surface area contributed by atoms with Gasteiger partial charge in [0.25, 0.3) is 5.69 Å². The van der Waals surface area contributed by atoms with Crippen LogP contribution in [0.2, 0.25) is 0 Å². The molecule has 0 radical (unpaired) electrons. The Hall–Kier alpha value is -2.41. The van der Waals surface area contributed by atoms with Gasteiger partial charge in [-0.25, -0.2) is 9.18 Å². The molecule has 0 heterocycles. The number of carboxylic acid groups (broad SMARTS) is 1. The van der Waals surface area contributed by atoms with Crippen molar-refractivity contribution in [2.45, 2.75) is 16.7 Å². The summed E-state index contributed by atoms with van der Waals surface area (Å²) in [5, 5.41) is 19.8. The third kappa shape index (κ3) is 3.38. The van der Waals surface area contributed by atoms with Gasteiger partial charge in [-0.3, -0.25) is 10.1 Å². The minimum Gasteiger partial charge on any atom is -0.478 e. The summed E-state index contributed by atoms with van der Waals surface area (Å²) in [7, 11) is 0. The van der Waals surface area contributed by atoms with Crippen LogP contribution in [0.1, 0.15) is 15.9 Å². The zero-order chi connectivity index (χ0) is 15.6. The lowest BCUT2D eigenvalue weighted by Crippen LogP contribution is -1.96. The van der Waals surface area contributed by atoms with Gasteiger partial charge < -0.3 is 5.11 Å². The van der Waals surface area contributed by atoms with Gasteiger partial charge in [0.05, 0.1) is 21.4 Å². The van der Waals surface area contributed by atoms with Crippen molar-refractivity contribution in [3.8, 4) is 0 Å². The molecule has 0 aliphatic heterocycles. The molecule has 2 rings (SSSR count). The standard InChI is InChI=1S/C14H10FNO4S/c1-8-6-13(12(16(19)20)7-11(8)15)21-10-4-2-9(3-5-10)14(17)18/h2-7H,1H3,(H,17,18). The van der Waals surface area contributed by atoms with Crippen LogP contribution in [0.25, 0.3) is 0 Å². The fourth-order valence-corrected chi connectivity index (χ4v) is 2.66. The molecule has 0 saturated heterocycles. The van der Waals surface area contributed by atoms with E-state index in [1.165, 1.54) is 25.1 Å². The summed E-state index contributed by atoms with van der Waals surface area (Å²) in [5.41, 5.74) is 0.125. The maximum Gasteiger partial charge on any atom is 0.335 e. The highest BCUT2D eigenvalue weighted by molar-refractivity contribution is 7.99. The monoisotopic (exact) mass is 307 g/mol. The molecule has 0 bridgehead atoms. The Morgan fingerprint density at radius 1 is 1.29 bits per heavy atom. The molecule has 1 N–H and O–H groups in total. The molecule has 7 heteroatoms. The molecule has 108 valence electrons. The van der Waals surface area contributed by atoms with Crippen molar-refractivity contribution in [1.82, 2.24) is 0 Å². The molecule has 5 nitrogen and oxygen atoms in total. The summed E-state index contributed by atoms with van der Waals surface area (Å²) >= 11 is 1.08. The molecule has 0 saturated carbocycles. The summed E-state index contributed by atoms with van der Waals surface area (Å²) in [6, 6.07) is 8.22. The zero-order valence-electron chi connectivity index (χ0n) is 10.9. The van der Waals surface area contributed by atoms with Crippen LogP contribution in [-0.4, -0.2) is 16.0 Å². The van der Waals surface area contributed by atoms with Crippen LogP contribution >= 0.6 is 11.8 Å². The molecule has 0 aliphatic carbocycles. The largest absolute Gasteiger partial charge is 0.478 e. The Labute approximate surface area is 123 Å². The van der Waals surface area contributed by atoms with Crippen molar-refractivity contribution < 1.29 is 19.2 Å². The van der Waals surface area contributed by atoms with Crippen molar-refractivity contribution in [2.24, 2.45) is 0 Å². The highest BCUT2D eigenvalue weighted by atomic mass is 32.2. The molecular weight excluding hydrogens is 297 g/mol. The van der Waals surface area contributed by atoms with Gasteiger partial charge in [-0.05, 0) is 42.8 Å². The lowest BCUT2D eigenvalue weighted by Gasteiger charge is -2.05. The molecule has 0 aliphatic rings. The highest BCUT2D eigenvalue weighted by Crippen LogP contribution is 2.36. The number of hydrogen-bond donors (Lipinski definition) is 1. The van der Waals surface area contributed by atoms with E-state index in [0.717, 1.165) is 17.8 Å². The van der Waals surface area contributed by atoms with Crippen LogP contribution in [-0.2, 0) is 0 Å². The average Bonchev–Trinajstić information content (AvgIpc) is 2.43. The number of halogens is 1. The molecule has 0 fully saturated rings. The van der Waals surface area contributed by atoms with E-state index in [4.69, 9.17) is 5.11 Å². The van der Waals surface area contributed by atoms with E-state index in [2.05, 4.69) is 0 Å². The van der Waals surface area contributed by atoms with Gasteiger partial charge in [-0.1, -0.05) is 11.8 Å². The molecule has 2 aromatic carbocycles. The maximum atomic E-state index is 13.4. The second kappa shape index (κ2) is 5.92. The summed E-state index contributed by atoms with van der Waals surface area (Å²) in [6.07, 6.45) is 0. The van der Waals surface area contributed by atoms with Crippen molar-refractivity contribution in [3.05, 3.63) is 63.5 Å². The van der Waals surface area contributed by atoms with E-state index >= 15 is 0 Å². The summed E-state index contributed by atoms with van der Waals surface area (Å²) in [6.45, 7) is 1.52. The van der Waals surface area contributed by atoms with E-state index in [1.807, 2.05) is 0 Å². The predicted molar refractivity (Wildman–Crippen MR) is 75.3 cm³/mol. The second-order valence-electron chi connectivity index (χ2n) is 4.26. The Balaban J connectivity index is 2.36. The lowest BCUT2D eigenvalue weighted by atomic mass is 10.2. The van der Waals surface area contributed by atoms with E-state index < -0.39 is 16.7 Å². The van der Waals surface area contributed by atoms with Crippen molar-refractivity contribution in [3.63, 3.8) is 0 Å². The number of carboxylic acids is 1. The van der Waals surface area contributed by atoms with E-state index in [0.29, 0.717) is 15.4 Å². The number of hydrogen-bond acceptors (Lipinski definition) is 4. The fraction of sp³-hybridized carbons (Fsp3) is 0.0714. The molecule has 0 aromatic heterocycles. The molecule has 0 amide bonds. The van der Waals surface area contributed by atoms with E-state index in [-0.39, 0.29) is 11.3 Å². The molecule has 0 unspecified atom stereocenters. The predicted octanol–water partition coefficient (Wildman–Crippen LogP) is 3.89. The quantitative estimate of drug-likeness (QED) is 0.684. The molecule has 2 aromatic rings. The number of carbonyl (C=O) groups is 1. The number of nitro benzene ring substituents is 1. The van der Waals surface area contributed by atoms with Gasteiger partial charge in [0.15, 0.2) is 0 Å². The van der Waals surface area contributed by atoms with Gasteiger partial charge in [0.1, 0.15) is 5.82 Å². The Kier molecular flexibility index (Phi) is 4.23. The third-order valence-electron chi connectivity index (χ3n) is 2.77. The minimum atomic E-state index is -1.05. The summed E-state index contributed by atoms with van der Waals surface area (Å²) < 4.78 is 13.4. The Morgan fingerprint density at radius 2 is 1.90 bits per heavy atom. The molecular formula is C14H10FNO4S. The first kappa shape index (κ1) is 15.0. The van der Waals surface area contributed by atoms with Gasteiger partial charge in [-0.2, -0.15) is 0 Å².